The van der Waals surface area contributed by atoms with Crippen molar-refractivity contribution in [2.75, 3.05) is 6.61 Å². The fraction of sp³-hybridized carbons (Fsp3) is 0.357. The fourth-order valence-electron chi connectivity index (χ4n) is 1.50. The van der Waals surface area contributed by atoms with Crippen molar-refractivity contribution in [1.29, 1.82) is 0 Å². The summed E-state index contributed by atoms with van der Waals surface area (Å²) in [4.78, 5) is 11.5. The number of aromatic hydroxyl groups is 2. The molecule has 1 rings (SSSR count). The quantitative estimate of drug-likeness (QED) is 0.394. The maximum atomic E-state index is 11.5. The highest BCUT2D eigenvalue weighted by atomic mass is 16.3. The molecule has 0 amide bonds. The van der Waals surface area contributed by atoms with Crippen molar-refractivity contribution in [3.05, 3.63) is 29.8 Å². The Hall–Kier alpha value is -1.81. The van der Waals surface area contributed by atoms with Gasteiger partial charge in [-0.2, -0.15) is 0 Å². The Morgan fingerprint density at radius 2 is 1.89 bits per heavy atom. The molecule has 3 N–H and O–H groups in total. The van der Waals surface area contributed by atoms with Gasteiger partial charge >= 0.3 is 0 Å². The molecular formula is C14H18O4. The first-order chi connectivity index (χ1) is 8.63. The summed E-state index contributed by atoms with van der Waals surface area (Å²) >= 11 is 0. The van der Waals surface area contributed by atoms with Crippen LogP contribution in [-0.4, -0.2) is 27.7 Å². The minimum absolute atomic E-state index is 0.0144. The third kappa shape index (κ3) is 5.01. The van der Waals surface area contributed by atoms with Crippen LogP contribution in [0.25, 0.3) is 6.08 Å². The van der Waals surface area contributed by atoms with E-state index < -0.39 is 0 Å². The number of rotatable bonds is 7. The van der Waals surface area contributed by atoms with Crippen LogP contribution in [-0.2, 0) is 4.79 Å². The lowest BCUT2D eigenvalue weighted by Gasteiger charge is -1.99. The summed E-state index contributed by atoms with van der Waals surface area (Å²) in [6, 6.07) is 4.39. The molecule has 18 heavy (non-hydrogen) atoms. The smallest absolute Gasteiger partial charge is 0.157 e. The van der Waals surface area contributed by atoms with Gasteiger partial charge in [0.15, 0.2) is 17.3 Å². The summed E-state index contributed by atoms with van der Waals surface area (Å²) in [5.74, 6) is -0.365. The molecule has 0 saturated heterocycles. The minimum Gasteiger partial charge on any atom is -0.504 e. The molecule has 0 aliphatic carbocycles. The highest BCUT2D eigenvalue weighted by molar-refractivity contribution is 5.93. The number of allylic oxidation sites excluding steroid dienone is 1. The molecule has 0 unspecified atom stereocenters. The van der Waals surface area contributed by atoms with Gasteiger partial charge in [0.1, 0.15) is 0 Å². The van der Waals surface area contributed by atoms with Crippen LogP contribution >= 0.6 is 0 Å². The number of aliphatic hydroxyl groups is 1. The van der Waals surface area contributed by atoms with E-state index in [9.17, 15) is 9.90 Å². The van der Waals surface area contributed by atoms with Gasteiger partial charge in [0.05, 0.1) is 0 Å². The summed E-state index contributed by atoms with van der Waals surface area (Å²) in [6.45, 7) is 0.164. The second-order valence-corrected chi connectivity index (χ2v) is 4.08. The van der Waals surface area contributed by atoms with Crippen LogP contribution in [0.1, 0.15) is 31.2 Å². The van der Waals surface area contributed by atoms with Crippen LogP contribution in [0.5, 0.6) is 11.5 Å². The molecule has 0 spiro atoms. The molecule has 4 heteroatoms. The summed E-state index contributed by atoms with van der Waals surface area (Å²) < 4.78 is 0. The van der Waals surface area contributed by atoms with Crippen molar-refractivity contribution in [2.45, 2.75) is 25.7 Å². The molecule has 0 atom stereocenters. The third-order valence-electron chi connectivity index (χ3n) is 2.54. The molecule has 0 saturated carbocycles. The van der Waals surface area contributed by atoms with Crippen molar-refractivity contribution in [3.8, 4) is 11.5 Å². The Bertz CT molecular complexity index is 424. The van der Waals surface area contributed by atoms with Gasteiger partial charge in [-0.3, -0.25) is 4.79 Å². The van der Waals surface area contributed by atoms with E-state index in [0.29, 0.717) is 12.0 Å². The van der Waals surface area contributed by atoms with Gasteiger partial charge in [-0.25, -0.2) is 0 Å². The Morgan fingerprint density at radius 1 is 1.11 bits per heavy atom. The molecule has 0 radical (unpaired) electrons. The first-order valence-corrected chi connectivity index (χ1v) is 5.97. The number of hydrogen-bond donors (Lipinski definition) is 3. The third-order valence-corrected chi connectivity index (χ3v) is 2.54. The Balaban J connectivity index is 2.43. The second-order valence-electron chi connectivity index (χ2n) is 4.08. The maximum absolute atomic E-state index is 11.5. The van der Waals surface area contributed by atoms with Crippen LogP contribution in [0.3, 0.4) is 0 Å². The summed E-state index contributed by atoms with van der Waals surface area (Å²) in [7, 11) is 0. The fourth-order valence-corrected chi connectivity index (χ4v) is 1.50. The lowest BCUT2D eigenvalue weighted by molar-refractivity contribution is -0.114. The van der Waals surface area contributed by atoms with E-state index in [1.807, 2.05) is 0 Å². The largest absolute Gasteiger partial charge is 0.504 e. The standard InChI is InChI=1S/C14H18O4/c15-9-3-1-2-4-12(16)7-5-11-6-8-13(17)14(18)10-11/h5-8,10,15,17-18H,1-4,9H2/b7-5+. The summed E-state index contributed by atoms with van der Waals surface area (Å²) in [6.07, 6.45) is 5.86. The summed E-state index contributed by atoms with van der Waals surface area (Å²) in [5, 5.41) is 27.0. The first-order valence-electron chi connectivity index (χ1n) is 5.97. The van der Waals surface area contributed by atoms with E-state index in [1.165, 1.54) is 18.2 Å². The van der Waals surface area contributed by atoms with Crippen molar-refractivity contribution in [3.63, 3.8) is 0 Å². The van der Waals surface area contributed by atoms with Crippen LogP contribution in [0.4, 0.5) is 0 Å². The highest BCUT2D eigenvalue weighted by Gasteiger charge is 2.00. The highest BCUT2D eigenvalue weighted by Crippen LogP contribution is 2.25. The monoisotopic (exact) mass is 250 g/mol. The molecule has 1 aromatic carbocycles. The molecule has 0 aliphatic heterocycles. The Labute approximate surface area is 106 Å². The van der Waals surface area contributed by atoms with Crippen LogP contribution in [0.2, 0.25) is 0 Å². The zero-order valence-electron chi connectivity index (χ0n) is 10.2. The van der Waals surface area contributed by atoms with Gasteiger partial charge < -0.3 is 15.3 Å². The number of hydrogen-bond acceptors (Lipinski definition) is 4. The van der Waals surface area contributed by atoms with Gasteiger partial charge in [0.2, 0.25) is 0 Å². The van der Waals surface area contributed by atoms with E-state index in [2.05, 4.69) is 0 Å². The SMILES string of the molecule is O=C(/C=C/c1ccc(O)c(O)c1)CCCCCO. The Kier molecular flexibility index (Phi) is 5.94. The number of carbonyl (C=O) groups excluding carboxylic acids is 1. The summed E-state index contributed by atoms with van der Waals surface area (Å²) in [5.41, 5.74) is 0.661. The topological polar surface area (TPSA) is 77.8 Å². The number of phenols is 2. The van der Waals surface area contributed by atoms with Crippen molar-refractivity contribution in [1.82, 2.24) is 0 Å². The lowest BCUT2D eigenvalue weighted by Crippen LogP contribution is -1.93. The zero-order valence-corrected chi connectivity index (χ0v) is 10.2. The number of carbonyl (C=O) groups is 1. The lowest BCUT2D eigenvalue weighted by atomic mass is 10.1. The van der Waals surface area contributed by atoms with E-state index in [0.717, 1.165) is 19.3 Å². The predicted octanol–water partition coefficient (Wildman–Crippen LogP) is 2.23. The van der Waals surface area contributed by atoms with Gasteiger partial charge in [0, 0.05) is 13.0 Å². The first kappa shape index (κ1) is 14.3. The molecule has 0 aliphatic rings. The zero-order chi connectivity index (χ0) is 13.4. The van der Waals surface area contributed by atoms with E-state index in [1.54, 1.807) is 12.1 Å². The average Bonchev–Trinajstić information content (AvgIpc) is 2.36. The molecule has 4 nitrogen and oxygen atoms in total. The molecular weight excluding hydrogens is 232 g/mol. The van der Waals surface area contributed by atoms with Gasteiger partial charge in [-0.1, -0.05) is 18.6 Å². The molecule has 0 heterocycles. The van der Waals surface area contributed by atoms with Gasteiger partial charge in [-0.05, 0) is 36.6 Å². The number of aliphatic hydroxyl groups excluding tert-OH is 1. The molecule has 0 fully saturated rings. The number of unbranched alkanes of at least 4 members (excludes halogenated alkanes) is 2. The van der Waals surface area contributed by atoms with Gasteiger partial charge in [0.25, 0.3) is 0 Å². The van der Waals surface area contributed by atoms with Crippen LogP contribution < -0.4 is 0 Å². The number of ketones is 1. The van der Waals surface area contributed by atoms with Crippen molar-refractivity contribution >= 4 is 11.9 Å². The normalized spacial score (nSPS) is 10.9. The predicted molar refractivity (Wildman–Crippen MR) is 69.4 cm³/mol. The molecule has 98 valence electrons. The Morgan fingerprint density at radius 3 is 2.56 bits per heavy atom. The second kappa shape index (κ2) is 7.50. The minimum atomic E-state index is -0.201. The molecule has 1 aromatic rings. The van der Waals surface area contributed by atoms with E-state index >= 15 is 0 Å². The average molecular weight is 250 g/mol. The maximum Gasteiger partial charge on any atom is 0.157 e. The van der Waals surface area contributed by atoms with Gasteiger partial charge in [-0.15, -0.1) is 0 Å². The van der Waals surface area contributed by atoms with Crippen molar-refractivity contribution in [2.24, 2.45) is 0 Å². The van der Waals surface area contributed by atoms with Crippen LogP contribution in [0, 0.1) is 0 Å². The molecule has 0 bridgehead atoms. The van der Waals surface area contributed by atoms with Crippen LogP contribution in [0.15, 0.2) is 24.3 Å². The van der Waals surface area contributed by atoms with E-state index in [4.69, 9.17) is 10.2 Å². The van der Waals surface area contributed by atoms with Crippen molar-refractivity contribution < 1.29 is 20.1 Å². The van der Waals surface area contributed by atoms with E-state index in [-0.39, 0.29) is 23.9 Å². The number of benzene rings is 1. The number of phenolic OH excluding ortho intramolecular Hbond substituents is 2. The molecule has 0 aromatic heterocycles.